The topological polar surface area (TPSA) is 24.1 Å². The first-order chi connectivity index (χ1) is 5.81. The summed E-state index contributed by atoms with van der Waals surface area (Å²) in [4.78, 5) is 0. The van der Waals surface area contributed by atoms with Gasteiger partial charge in [-0.25, -0.2) is 0 Å². The van der Waals surface area contributed by atoms with Crippen LogP contribution in [0.15, 0.2) is 0 Å². The molecule has 70 valence electrons. The fraction of sp³-hybridized carbons (Fsp3) is 0.800. The van der Waals surface area contributed by atoms with E-state index in [9.17, 15) is 0 Å². The SMILES string of the molecule is C#CCNCCNCC(C)CC. The molecule has 0 saturated carbocycles. The van der Waals surface area contributed by atoms with Gasteiger partial charge in [-0.2, -0.15) is 0 Å². The van der Waals surface area contributed by atoms with Crippen LogP contribution in [0.25, 0.3) is 0 Å². The molecular weight excluding hydrogens is 148 g/mol. The van der Waals surface area contributed by atoms with Crippen LogP contribution in [-0.2, 0) is 0 Å². The van der Waals surface area contributed by atoms with E-state index in [0.717, 1.165) is 25.6 Å². The lowest BCUT2D eigenvalue weighted by molar-refractivity contribution is 0.496. The van der Waals surface area contributed by atoms with E-state index in [0.29, 0.717) is 6.54 Å². The first kappa shape index (κ1) is 11.5. The number of rotatable bonds is 7. The highest BCUT2D eigenvalue weighted by atomic mass is 14.9. The molecule has 0 bridgehead atoms. The molecule has 1 unspecified atom stereocenters. The third-order valence-electron chi connectivity index (χ3n) is 1.90. The number of nitrogens with one attached hydrogen (secondary N) is 2. The van der Waals surface area contributed by atoms with Crippen LogP contribution in [0, 0.1) is 18.3 Å². The van der Waals surface area contributed by atoms with Crippen molar-refractivity contribution in [3.8, 4) is 12.3 Å². The Kier molecular flexibility index (Phi) is 8.20. The van der Waals surface area contributed by atoms with Crippen molar-refractivity contribution in [3.63, 3.8) is 0 Å². The first-order valence-corrected chi connectivity index (χ1v) is 4.66. The van der Waals surface area contributed by atoms with E-state index in [-0.39, 0.29) is 0 Å². The zero-order chi connectivity index (χ0) is 9.23. The monoisotopic (exact) mass is 168 g/mol. The molecular formula is C10H20N2. The smallest absolute Gasteiger partial charge is 0.0574 e. The van der Waals surface area contributed by atoms with Gasteiger partial charge in [-0.15, -0.1) is 6.42 Å². The summed E-state index contributed by atoms with van der Waals surface area (Å²) in [7, 11) is 0. The van der Waals surface area contributed by atoms with Crippen molar-refractivity contribution in [1.82, 2.24) is 10.6 Å². The minimum Gasteiger partial charge on any atom is -0.315 e. The molecule has 0 radical (unpaired) electrons. The van der Waals surface area contributed by atoms with Gasteiger partial charge in [0.05, 0.1) is 6.54 Å². The largest absolute Gasteiger partial charge is 0.315 e. The Labute approximate surface area is 76.1 Å². The Hall–Kier alpha value is -0.520. The Balaban J connectivity index is 2.96. The van der Waals surface area contributed by atoms with Gasteiger partial charge in [-0.05, 0) is 12.5 Å². The predicted octanol–water partition coefficient (Wildman–Crippen LogP) is 0.845. The molecule has 2 heteroatoms. The van der Waals surface area contributed by atoms with Gasteiger partial charge in [0.1, 0.15) is 0 Å². The van der Waals surface area contributed by atoms with Crippen LogP contribution in [0.1, 0.15) is 20.3 Å². The van der Waals surface area contributed by atoms with Gasteiger partial charge in [-0.3, -0.25) is 0 Å². The normalized spacial score (nSPS) is 12.4. The maximum atomic E-state index is 5.08. The number of hydrogen-bond donors (Lipinski definition) is 2. The molecule has 0 spiro atoms. The van der Waals surface area contributed by atoms with E-state index in [4.69, 9.17) is 6.42 Å². The van der Waals surface area contributed by atoms with Crippen LogP contribution in [0.5, 0.6) is 0 Å². The highest BCUT2D eigenvalue weighted by Crippen LogP contribution is 1.96. The van der Waals surface area contributed by atoms with Crippen LogP contribution in [0.2, 0.25) is 0 Å². The zero-order valence-corrected chi connectivity index (χ0v) is 8.19. The van der Waals surface area contributed by atoms with E-state index in [1.54, 1.807) is 0 Å². The molecule has 0 heterocycles. The molecule has 12 heavy (non-hydrogen) atoms. The second-order valence-corrected chi connectivity index (χ2v) is 3.10. The highest BCUT2D eigenvalue weighted by molar-refractivity contribution is 4.86. The summed E-state index contributed by atoms with van der Waals surface area (Å²) in [6, 6.07) is 0. The predicted molar refractivity (Wildman–Crippen MR) is 54.0 cm³/mol. The van der Waals surface area contributed by atoms with Crippen molar-refractivity contribution < 1.29 is 0 Å². The van der Waals surface area contributed by atoms with Crippen LogP contribution in [-0.4, -0.2) is 26.2 Å². The summed E-state index contributed by atoms with van der Waals surface area (Å²) >= 11 is 0. The summed E-state index contributed by atoms with van der Waals surface area (Å²) in [6.45, 7) is 8.21. The van der Waals surface area contributed by atoms with Crippen LogP contribution in [0.3, 0.4) is 0 Å². The summed E-state index contributed by atoms with van der Waals surface area (Å²) < 4.78 is 0. The van der Waals surface area contributed by atoms with Gasteiger partial charge in [-0.1, -0.05) is 26.2 Å². The third kappa shape index (κ3) is 7.59. The summed E-state index contributed by atoms with van der Waals surface area (Å²) in [5, 5.41) is 6.49. The van der Waals surface area contributed by atoms with Crippen LogP contribution < -0.4 is 10.6 Å². The zero-order valence-electron chi connectivity index (χ0n) is 8.19. The minimum absolute atomic E-state index is 0.672. The second-order valence-electron chi connectivity index (χ2n) is 3.10. The van der Waals surface area contributed by atoms with Gasteiger partial charge in [0.25, 0.3) is 0 Å². The van der Waals surface area contributed by atoms with E-state index < -0.39 is 0 Å². The minimum atomic E-state index is 0.672. The van der Waals surface area contributed by atoms with Crippen LogP contribution >= 0.6 is 0 Å². The lowest BCUT2D eigenvalue weighted by atomic mass is 10.1. The molecule has 2 N–H and O–H groups in total. The van der Waals surface area contributed by atoms with E-state index >= 15 is 0 Å². The summed E-state index contributed by atoms with van der Waals surface area (Å²) in [5.41, 5.74) is 0. The Bertz CT molecular complexity index is 126. The van der Waals surface area contributed by atoms with Gasteiger partial charge < -0.3 is 10.6 Å². The molecule has 0 aliphatic rings. The molecule has 0 aliphatic heterocycles. The lowest BCUT2D eigenvalue weighted by Crippen LogP contribution is -2.30. The van der Waals surface area contributed by atoms with E-state index in [1.807, 2.05) is 0 Å². The number of terminal acetylenes is 1. The average molecular weight is 168 g/mol. The fourth-order valence-electron chi connectivity index (χ4n) is 0.830. The average Bonchev–Trinajstić information content (AvgIpc) is 2.10. The molecule has 0 amide bonds. The summed E-state index contributed by atoms with van der Waals surface area (Å²) in [6.07, 6.45) is 6.32. The maximum Gasteiger partial charge on any atom is 0.0574 e. The van der Waals surface area contributed by atoms with E-state index in [1.165, 1.54) is 6.42 Å². The summed E-state index contributed by atoms with van der Waals surface area (Å²) in [5.74, 6) is 3.32. The molecule has 0 aromatic heterocycles. The lowest BCUT2D eigenvalue weighted by Gasteiger charge is -2.09. The third-order valence-corrected chi connectivity index (χ3v) is 1.90. The van der Waals surface area contributed by atoms with Gasteiger partial charge in [0.2, 0.25) is 0 Å². The van der Waals surface area contributed by atoms with Crippen LogP contribution in [0.4, 0.5) is 0 Å². The number of hydrogen-bond acceptors (Lipinski definition) is 2. The molecule has 0 aliphatic carbocycles. The highest BCUT2D eigenvalue weighted by Gasteiger charge is 1.95. The van der Waals surface area contributed by atoms with Crippen molar-refractivity contribution >= 4 is 0 Å². The maximum absolute atomic E-state index is 5.08. The Morgan fingerprint density at radius 1 is 1.33 bits per heavy atom. The van der Waals surface area contributed by atoms with Crippen molar-refractivity contribution in [3.05, 3.63) is 0 Å². The fourth-order valence-corrected chi connectivity index (χ4v) is 0.830. The molecule has 1 atom stereocenters. The molecule has 0 aromatic rings. The van der Waals surface area contributed by atoms with Crippen molar-refractivity contribution in [1.29, 1.82) is 0 Å². The molecule has 0 fully saturated rings. The molecule has 0 aromatic carbocycles. The second kappa shape index (κ2) is 8.58. The van der Waals surface area contributed by atoms with Crippen molar-refractivity contribution in [2.45, 2.75) is 20.3 Å². The molecule has 0 rings (SSSR count). The molecule has 0 saturated heterocycles. The van der Waals surface area contributed by atoms with Crippen molar-refractivity contribution in [2.75, 3.05) is 26.2 Å². The Morgan fingerprint density at radius 2 is 2.00 bits per heavy atom. The Morgan fingerprint density at radius 3 is 2.58 bits per heavy atom. The van der Waals surface area contributed by atoms with Gasteiger partial charge in [0, 0.05) is 13.1 Å². The van der Waals surface area contributed by atoms with Gasteiger partial charge >= 0.3 is 0 Å². The first-order valence-electron chi connectivity index (χ1n) is 4.66. The van der Waals surface area contributed by atoms with Crippen molar-refractivity contribution in [2.24, 2.45) is 5.92 Å². The molecule has 2 nitrogen and oxygen atoms in total. The quantitative estimate of drug-likeness (QED) is 0.435. The standard InChI is InChI=1S/C10H20N2/c1-4-6-11-7-8-12-9-10(3)5-2/h1,10-12H,5-9H2,2-3H3. The van der Waals surface area contributed by atoms with E-state index in [2.05, 4.69) is 30.4 Å². The van der Waals surface area contributed by atoms with Gasteiger partial charge in [0.15, 0.2) is 0 Å².